The summed E-state index contributed by atoms with van der Waals surface area (Å²) in [7, 11) is 0. The maximum atomic E-state index is 12.8. The summed E-state index contributed by atoms with van der Waals surface area (Å²) in [5.74, 6) is 0.901. The summed E-state index contributed by atoms with van der Waals surface area (Å²) in [5.41, 5.74) is 1.72. The Morgan fingerprint density at radius 1 is 1.10 bits per heavy atom. The zero-order valence-electron chi connectivity index (χ0n) is 15.4. The lowest BCUT2D eigenvalue weighted by Crippen LogP contribution is -2.12. The van der Waals surface area contributed by atoms with Crippen LogP contribution in [0, 0.1) is 11.5 Å². The Balaban J connectivity index is 1.56. The first-order chi connectivity index (χ1) is 13.9. The minimum atomic E-state index is -4.35. The first kappa shape index (κ1) is 19.0. The predicted molar refractivity (Wildman–Crippen MR) is 98.5 cm³/mol. The van der Waals surface area contributed by atoms with Gasteiger partial charge in [0, 0.05) is 18.7 Å². The Morgan fingerprint density at radius 3 is 2.55 bits per heavy atom. The van der Waals surface area contributed by atoms with Gasteiger partial charge in [-0.15, -0.1) is 10.2 Å². The van der Waals surface area contributed by atoms with Crippen LogP contribution in [-0.4, -0.2) is 28.2 Å². The van der Waals surface area contributed by atoms with Crippen LogP contribution in [0.2, 0.25) is 0 Å². The van der Waals surface area contributed by atoms with Crippen LogP contribution in [0.5, 0.6) is 0 Å². The highest BCUT2D eigenvalue weighted by Crippen LogP contribution is 2.32. The Morgan fingerprint density at radius 2 is 1.86 bits per heavy atom. The van der Waals surface area contributed by atoms with E-state index in [1.807, 2.05) is 24.3 Å². The third-order valence-electron chi connectivity index (χ3n) is 5.04. The molecule has 29 heavy (non-hydrogen) atoms. The SMILES string of the molecule is N#CN1CCC(c2nnc(-c3ccccc3Cc3ccc(C(F)(F)F)cc3)o2)C1. The van der Waals surface area contributed by atoms with Crippen LogP contribution in [0.15, 0.2) is 52.9 Å². The van der Waals surface area contributed by atoms with E-state index in [4.69, 9.17) is 9.68 Å². The van der Waals surface area contributed by atoms with E-state index in [0.717, 1.165) is 35.2 Å². The molecule has 0 radical (unpaired) electrons. The number of benzene rings is 2. The monoisotopic (exact) mass is 398 g/mol. The Labute approximate surface area is 165 Å². The molecular weight excluding hydrogens is 381 g/mol. The maximum Gasteiger partial charge on any atom is 0.416 e. The van der Waals surface area contributed by atoms with Crippen molar-refractivity contribution in [2.45, 2.75) is 24.9 Å². The van der Waals surface area contributed by atoms with Gasteiger partial charge in [-0.2, -0.15) is 18.4 Å². The van der Waals surface area contributed by atoms with Gasteiger partial charge in [0.2, 0.25) is 11.8 Å². The van der Waals surface area contributed by atoms with Gasteiger partial charge < -0.3 is 9.32 Å². The highest BCUT2D eigenvalue weighted by molar-refractivity contribution is 5.59. The zero-order valence-corrected chi connectivity index (χ0v) is 15.4. The Hall–Kier alpha value is -3.34. The van der Waals surface area contributed by atoms with E-state index >= 15 is 0 Å². The number of hydrogen-bond donors (Lipinski definition) is 0. The lowest BCUT2D eigenvalue weighted by molar-refractivity contribution is -0.137. The standard InChI is InChI=1S/C21H17F3N4O/c22-21(23,24)17-7-5-14(6-8-17)11-15-3-1-2-4-18(15)20-27-26-19(29-20)16-9-10-28(12-16)13-25/h1-8,16H,9-12H2. The highest BCUT2D eigenvalue weighted by atomic mass is 19.4. The van der Waals surface area contributed by atoms with E-state index in [9.17, 15) is 13.2 Å². The molecule has 0 aliphatic carbocycles. The van der Waals surface area contributed by atoms with Gasteiger partial charge in [0.15, 0.2) is 6.19 Å². The van der Waals surface area contributed by atoms with Gasteiger partial charge >= 0.3 is 6.18 Å². The second kappa shape index (κ2) is 7.59. The molecule has 8 heteroatoms. The molecule has 2 heterocycles. The number of nitrogens with zero attached hydrogens (tertiary/aromatic N) is 4. The number of hydrogen-bond acceptors (Lipinski definition) is 5. The molecule has 3 aromatic rings. The largest absolute Gasteiger partial charge is 0.420 e. The van der Waals surface area contributed by atoms with E-state index in [1.54, 1.807) is 4.90 Å². The molecule has 0 bridgehead atoms. The average molecular weight is 398 g/mol. The van der Waals surface area contributed by atoms with Crippen molar-refractivity contribution in [2.24, 2.45) is 0 Å². The molecular formula is C21H17F3N4O. The van der Waals surface area contributed by atoms with Crippen molar-refractivity contribution < 1.29 is 17.6 Å². The van der Waals surface area contributed by atoms with Crippen LogP contribution >= 0.6 is 0 Å². The molecule has 5 nitrogen and oxygen atoms in total. The third kappa shape index (κ3) is 4.09. The van der Waals surface area contributed by atoms with Gasteiger partial charge in [0.1, 0.15) is 0 Å². The minimum absolute atomic E-state index is 0.0259. The Bertz CT molecular complexity index is 1040. The summed E-state index contributed by atoms with van der Waals surface area (Å²) in [6.07, 6.45) is -1.00. The molecule has 0 saturated carbocycles. The Kier molecular flexibility index (Phi) is 4.97. The molecule has 1 unspecified atom stereocenters. The molecule has 1 atom stereocenters. The van der Waals surface area contributed by atoms with E-state index < -0.39 is 11.7 Å². The van der Waals surface area contributed by atoms with Crippen LogP contribution in [0.25, 0.3) is 11.5 Å². The summed E-state index contributed by atoms with van der Waals surface area (Å²) in [4.78, 5) is 1.66. The van der Waals surface area contributed by atoms with Crippen LogP contribution in [0.1, 0.15) is 34.9 Å². The predicted octanol–water partition coefficient (Wildman–Crippen LogP) is 4.62. The molecule has 0 amide bonds. The minimum Gasteiger partial charge on any atom is -0.420 e. The quantitative estimate of drug-likeness (QED) is 0.600. The smallest absolute Gasteiger partial charge is 0.416 e. The van der Waals surface area contributed by atoms with Gasteiger partial charge in [-0.05, 0) is 42.2 Å². The second-order valence-electron chi connectivity index (χ2n) is 7.01. The summed E-state index contributed by atoms with van der Waals surface area (Å²) in [5, 5.41) is 17.3. The van der Waals surface area contributed by atoms with E-state index in [2.05, 4.69) is 16.4 Å². The lowest BCUT2D eigenvalue weighted by Gasteiger charge is -2.09. The topological polar surface area (TPSA) is 66.0 Å². The molecule has 4 rings (SSSR count). The summed E-state index contributed by atoms with van der Waals surface area (Å²) < 4.78 is 44.2. The van der Waals surface area contributed by atoms with E-state index in [0.29, 0.717) is 31.3 Å². The molecule has 0 N–H and O–H groups in total. The number of halogens is 3. The van der Waals surface area contributed by atoms with Crippen molar-refractivity contribution in [1.29, 1.82) is 5.26 Å². The van der Waals surface area contributed by atoms with Crippen LogP contribution in [0.3, 0.4) is 0 Å². The van der Waals surface area contributed by atoms with Crippen molar-refractivity contribution >= 4 is 0 Å². The molecule has 1 fully saturated rings. The number of aromatic nitrogens is 2. The molecule has 1 aliphatic rings. The number of alkyl halides is 3. The summed E-state index contributed by atoms with van der Waals surface area (Å²) >= 11 is 0. The lowest BCUT2D eigenvalue weighted by atomic mass is 9.99. The van der Waals surface area contributed by atoms with Crippen molar-refractivity contribution in [3.05, 3.63) is 71.1 Å². The number of likely N-dealkylation sites (tertiary alicyclic amines) is 1. The molecule has 1 saturated heterocycles. The van der Waals surface area contributed by atoms with Crippen molar-refractivity contribution in [1.82, 2.24) is 15.1 Å². The zero-order chi connectivity index (χ0) is 20.4. The fourth-order valence-corrected chi connectivity index (χ4v) is 3.48. The fourth-order valence-electron chi connectivity index (χ4n) is 3.48. The van der Waals surface area contributed by atoms with E-state index in [1.165, 1.54) is 12.1 Å². The van der Waals surface area contributed by atoms with Gasteiger partial charge in [-0.3, -0.25) is 0 Å². The number of rotatable bonds is 4. The van der Waals surface area contributed by atoms with E-state index in [-0.39, 0.29) is 5.92 Å². The second-order valence-corrected chi connectivity index (χ2v) is 7.01. The molecule has 148 valence electrons. The van der Waals surface area contributed by atoms with Gasteiger partial charge in [-0.1, -0.05) is 30.3 Å². The molecule has 1 aliphatic heterocycles. The van der Waals surface area contributed by atoms with Gasteiger partial charge in [0.25, 0.3) is 0 Å². The molecule has 1 aromatic heterocycles. The van der Waals surface area contributed by atoms with Gasteiger partial charge in [-0.25, -0.2) is 0 Å². The van der Waals surface area contributed by atoms with Crippen molar-refractivity contribution in [2.75, 3.05) is 13.1 Å². The highest BCUT2D eigenvalue weighted by Gasteiger charge is 2.30. The molecule has 0 spiro atoms. The van der Waals surface area contributed by atoms with Crippen LogP contribution in [0.4, 0.5) is 13.2 Å². The average Bonchev–Trinajstić information content (AvgIpc) is 3.37. The summed E-state index contributed by atoms with van der Waals surface area (Å²) in [6.45, 7) is 1.23. The van der Waals surface area contributed by atoms with Crippen LogP contribution < -0.4 is 0 Å². The third-order valence-corrected chi connectivity index (χ3v) is 5.04. The van der Waals surface area contributed by atoms with Crippen molar-refractivity contribution in [3.63, 3.8) is 0 Å². The fraction of sp³-hybridized carbons (Fsp3) is 0.286. The first-order valence-electron chi connectivity index (χ1n) is 9.16. The normalized spacial score (nSPS) is 16.8. The van der Waals surface area contributed by atoms with Crippen LogP contribution in [-0.2, 0) is 12.6 Å². The maximum absolute atomic E-state index is 12.8. The molecule has 2 aromatic carbocycles. The number of nitriles is 1. The summed E-state index contributed by atoms with van der Waals surface area (Å²) in [6, 6.07) is 12.6. The van der Waals surface area contributed by atoms with Gasteiger partial charge in [0.05, 0.1) is 11.5 Å². The first-order valence-corrected chi connectivity index (χ1v) is 9.16. The van der Waals surface area contributed by atoms with Crippen molar-refractivity contribution in [3.8, 4) is 17.6 Å².